The second kappa shape index (κ2) is 8.27. The van der Waals surface area contributed by atoms with Gasteiger partial charge in [-0.15, -0.1) is 0 Å². The Balaban J connectivity index is 1.50. The fourth-order valence-corrected chi connectivity index (χ4v) is 3.60. The van der Waals surface area contributed by atoms with Crippen molar-refractivity contribution in [3.05, 3.63) is 77.2 Å². The molecule has 0 aliphatic rings. The fraction of sp³-hybridized carbons (Fsp3) is 0.320. The first kappa shape index (κ1) is 20.1. The number of hydrogen-bond donors (Lipinski definition) is 0. The summed E-state index contributed by atoms with van der Waals surface area (Å²) < 4.78 is 7.49. The first-order chi connectivity index (χ1) is 14.4. The van der Waals surface area contributed by atoms with Gasteiger partial charge in [-0.1, -0.05) is 48.8 Å². The highest BCUT2D eigenvalue weighted by Crippen LogP contribution is 2.26. The average Bonchev–Trinajstić information content (AvgIpc) is 3.40. The van der Waals surface area contributed by atoms with Crippen molar-refractivity contribution < 1.29 is 4.52 Å². The molecule has 1 atom stereocenters. The molecule has 2 heterocycles. The lowest BCUT2D eigenvalue weighted by Crippen LogP contribution is -2.10. The molecule has 2 aromatic heterocycles. The predicted octanol–water partition coefficient (Wildman–Crippen LogP) is 6.14. The average molecular weight is 401 g/mol. The Morgan fingerprint density at radius 1 is 0.967 bits per heavy atom. The maximum atomic E-state index is 5.44. The lowest BCUT2D eigenvalue weighted by Gasteiger charge is -2.14. The monoisotopic (exact) mass is 400 g/mol. The number of hydrogen-bond acceptors (Lipinski definition) is 4. The minimum atomic E-state index is 0.252. The van der Waals surface area contributed by atoms with E-state index in [1.165, 1.54) is 16.7 Å². The minimum Gasteiger partial charge on any atom is -0.334 e. The molecule has 0 radical (unpaired) electrons. The Hall–Kier alpha value is -3.21. The van der Waals surface area contributed by atoms with Crippen LogP contribution in [-0.4, -0.2) is 19.9 Å². The number of aryl methyl sites for hydroxylation is 2. The molecule has 0 aliphatic carbocycles. The van der Waals surface area contributed by atoms with Gasteiger partial charge in [0.25, 0.3) is 5.89 Å². The predicted molar refractivity (Wildman–Crippen MR) is 119 cm³/mol. The van der Waals surface area contributed by atoms with Gasteiger partial charge in [0.05, 0.1) is 11.7 Å². The van der Waals surface area contributed by atoms with Gasteiger partial charge in [0.1, 0.15) is 0 Å². The van der Waals surface area contributed by atoms with E-state index in [0.29, 0.717) is 5.89 Å². The molecule has 0 amide bonds. The van der Waals surface area contributed by atoms with Crippen LogP contribution in [0.25, 0.3) is 22.7 Å². The zero-order chi connectivity index (χ0) is 21.3. The summed E-state index contributed by atoms with van der Waals surface area (Å²) in [6.07, 6.45) is 2.97. The maximum absolute atomic E-state index is 5.44. The molecule has 2 aromatic carbocycles. The van der Waals surface area contributed by atoms with Gasteiger partial charge < -0.3 is 4.52 Å². The summed E-state index contributed by atoms with van der Waals surface area (Å²) in [7, 11) is 0. The molecule has 0 saturated heterocycles. The Bertz CT molecular complexity index is 1160. The van der Waals surface area contributed by atoms with E-state index in [9.17, 15) is 0 Å². The van der Waals surface area contributed by atoms with E-state index in [4.69, 9.17) is 9.62 Å². The summed E-state index contributed by atoms with van der Waals surface area (Å²) in [5, 5.41) is 8.88. The van der Waals surface area contributed by atoms with Crippen LogP contribution in [0.5, 0.6) is 0 Å². The lowest BCUT2D eigenvalue weighted by atomic mass is 9.99. The van der Waals surface area contributed by atoms with Gasteiger partial charge >= 0.3 is 0 Å². The Morgan fingerprint density at radius 2 is 1.80 bits per heavy atom. The Kier molecular flexibility index (Phi) is 5.53. The van der Waals surface area contributed by atoms with Crippen LogP contribution >= 0.6 is 0 Å². The molecule has 154 valence electrons. The minimum absolute atomic E-state index is 0.252. The molecule has 5 nitrogen and oxygen atoms in total. The second-order valence-electron chi connectivity index (χ2n) is 8.36. The number of nitrogens with zero attached hydrogens (tertiary/aromatic N) is 4. The van der Waals surface area contributed by atoms with E-state index >= 15 is 0 Å². The normalized spacial score (nSPS) is 12.5. The summed E-state index contributed by atoms with van der Waals surface area (Å²) >= 11 is 0. The van der Waals surface area contributed by atoms with Gasteiger partial charge in [0.2, 0.25) is 0 Å². The highest BCUT2D eigenvalue weighted by Gasteiger charge is 2.14. The topological polar surface area (TPSA) is 56.7 Å². The zero-order valence-electron chi connectivity index (χ0n) is 18.3. The van der Waals surface area contributed by atoms with Crippen LogP contribution in [0.1, 0.15) is 55.2 Å². The van der Waals surface area contributed by atoms with Crippen molar-refractivity contribution in [3.8, 4) is 22.7 Å². The quantitative estimate of drug-likeness (QED) is 0.390. The van der Waals surface area contributed by atoms with E-state index in [-0.39, 0.29) is 12.0 Å². The molecule has 1 unspecified atom stereocenters. The zero-order valence-corrected chi connectivity index (χ0v) is 18.3. The van der Waals surface area contributed by atoms with Gasteiger partial charge in [-0.05, 0) is 62.6 Å². The molecule has 0 bridgehead atoms. The van der Waals surface area contributed by atoms with E-state index in [1.807, 2.05) is 0 Å². The summed E-state index contributed by atoms with van der Waals surface area (Å²) in [6.45, 7) is 10.6. The van der Waals surface area contributed by atoms with Crippen molar-refractivity contribution in [1.82, 2.24) is 19.9 Å². The van der Waals surface area contributed by atoms with Crippen molar-refractivity contribution >= 4 is 0 Å². The van der Waals surface area contributed by atoms with Crippen molar-refractivity contribution in [1.29, 1.82) is 0 Å². The van der Waals surface area contributed by atoms with E-state index in [0.717, 1.165) is 29.1 Å². The van der Waals surface area contributed by atoms with Crippen LogP contribution in [-0.2, 0) is 6.42 Å². The second-order valence-corrected chi connectivity index (χ2v) is 8.36. The van der Waals surface area contributed by atoms with E-state index < -0.39 is 0 Å². The van der Waals surface area contributed by atoms with Gasteiger partial charge in [-0.2, -0.15) is 10.1 Å². The molecule has 4 rings (SSSR count). The van der Waals surface area contributed by atoms with Crippen LogP contribution in [0.15, 0.2) is 59.3 Å². The molecule has 0 spiro atoms. The first-order valence-corrected chi connectivity index (χ1v) is 10.5. The molecule has 4 aromatic rings. The largest absolute Gasteiger partial charge is 0.334 e. The van der Waals surface area contributed by atoms with Crippen LogP contribution < -0.4 is 0 Å². The number of aromatic nitrogens is 4. The third-order valence-electron chi connectivity index (χ3n) is 5.44. The highest BCUT2D eigenvalue weighted by atomic mass is 16.5. The van der Waals surface area contributed by atoms with E-state index in [1.54, 1.807) is 0 Å². The molecular weight excluding hydrogens is 372 g/mol. The van der Waals surface area contributed by atoms with Crippen molar-refractivity contribution in [2.45, 2.75) is 53.0 Å². The van der Waals surface area contributed by atoms with Crippen LogP contribution in [0.2, 0.25) is 0 Å². The summed E-state index contributed by atoms with van der Waals surface area (Å²) in [4.78, 5) is 4.51. The molecule has 0 N–H and O–H groups in total. The third-order valence-corrected chi connectivity index (χ3v) is 5.44. The number of rotatable bonds is 6. The van der Waals surface area contributed by atoms with Crippen LogP contribution in [0.4, 0.5) is 0 Å². The fourth-order valence-electron chi connectivity index (χ4n) is 3.60. The van der Waals surface area contributed by atoms with Gasteiger partial charge in [-0.25, -0.2) is 0 Å². The third kappa shape index (κ3) is 4.20. The summed E-state index contributed by atoms with van der Waals surface area (Å²) in [5.41, 5.74) is 6.88. The van der Waals surface area contributed by atoms with Gasteiger partial charge in [0, 0.05) is 23.2 Å². The number of benzene rings is 2. The lowest BCUT2D eigenvalue weighted by molar-refractivity contribution is 0.419. The van der Waals surface area contributed by atoms with Crippen molar-refractivity contribution in [2.24, 2.45) is 0 Å². The maximum Gasteiger partial charge on any atom is 0.257 e. The SMILES string of the molecule is Cc1cccc(-c2ccn(C(C)Cc3ccc(-c4nc(C(C)C)no4)cc3C)n2)c1. The molecule has 5 heteroatoms. The first-order valence-electron chi connectivity index (χ1n) is 10.5. The van der Waals surface area contributed by atoms with Gasteiger partial charge in [0.15, 0.2) is 5.82 Å². The molecular formula is C25H28N4O. The van der Waals surface area contributed by atoms with Crippen LogP contribution in [0, 0.1) is 13.8 Å². The van der Waals surface area contributed by atoms with Crippen molar-refractivity contribution in [3.63, 3.8) is 0 Å². The Morgan fingerprint density at radius 3 is 2.50 bits per heavy atom. The Labute approximate surface area is 177 Å². The standard InChI is InChI=1S/C25H28N4O/c1-16(2)24-26-25(30-28-24)22-10-9-20(18(4)14-22)15-19(5)29-12-11-23(27-29)21-8-6-7-17(3)13-21/h6-14,16,19H,15H2,1-5H3. The molecule has 0 saturated carbocycles. The smallest absolute Gasteiger partial charge is 0.257 e. The van der Waals surface area contributed by atoms with E-state index in [2.05, 4.69) is 104 Å². The molecule has 30 heavy (non-hydrogen) atoms. The van der Waals surface area contributed by atoms with Gasteiger partial charge in [-0.3, -0.25) is 4.68 Å². The summed E-state index contributed by atoms with van der Waals surface area (Å²) in [5.74, 6) is 1.57. The molecule has 0 aliphatic heterocycles. The molecule has 0 fully saturated rings. The highest BCUT2D eigenvalue weighted by molar-refractivity contribution is 5.59. The van der Waals surface area contributed by atoms with Crippen LogP contribution in [0.3, 0.4) is 0 Å². The van der Waals surface area contributed by atoms with Crippen molar-refractivity contribution in [2.75, 3.05) is 0 Å². The summed E-state index contributed by atoms with van der Waals surface area (Å²) in [6, 6.07) is 17.1.